The Bertz CT molecular complexity index is 1010. The van der Waals surface area contributed by atoms with Crippen molar-refractivity contribution in [2.24, 2.45) is 5.16 Å². The third-order valence-corrected chi connectivity index (χ3v) is 7.14. The third kappa shape index (κ3) is 5.53. The Morgan fingerprint density at radius 1 is 1.06 bits per heavy atom. The second-order valence-corrected chi connectivity index (χ2v) is 10.4. The molecule has 2 aliphatic heterocycles. The van der Waals surface area contributed by atoms with Crippen LogP contribution in [-0.4, -0.2) is 58.4 Å². The van der Waals surface area contributed by atoms with Crippen LogP contribution in [0, 0.1) is 15.2 Å². The van der Waals surface area contributed by atoms with E-state index in [0.29, 0.717) is 25.9 Å². The molecule has 1 unspecified atom stereocenters. The number of hydrogen-bond acceptors (Lipinski definition) is 7. The summed E-state index contributed by atoms with van der Waals surface area (Å²) in [6.07, 6.45) is 7.93. The van der Waals surface area contributed by atoms with Gasteiger partial charge in [0.05, 0.1) is 27.1 Å². The molecule has 0 bridgehead atoms. The van der Waals surface area contributed by atoms with Crippen molar-refractivity contribution < 1.29 is 17.8 Å². The van der Waals surface area contributed by atoms with Crippen LogP contribution in [-0.2, 0) is 15.6 Å². The predicted octanol–water partition coefficient (Wildman–Crippen LogP) is 3.74. The van der Waals surface area contributed by atoms with Gasteiger partial charge in [-0.25, -0.2) is 18.7 Å². The molecule has 1 aromatic heterocycles. The third-order valence-electron chi connectivity index (χ3n) is 5.65. The van der Waals surface area contributed by atoms with Crippen molar-refractivity contribution >= 4 is 50.7 Å². The Labute approximate surface area is 201 Å². The van der Waals surface area contributed by atoms with Gasteiger partial charge in [0, 0.05) is 80.1 Å². The van der Waals surface area contributed by atoms with Crippen LogP contribution in [0.3, 0.4) is 0 Å². The Morgan fingerprint density at radius 2 is 1.72 bits per heavy atom. The molecule has 0 saturated carbocycles. The van der Waals surface area contributed by atoms with Crippen LogP contribution in [0.15, 0.2) is 34.6 Å². The molecule has 0 amide bonds. The maximum absolute atomic E-state index is 14.4. The largest absolute Gasteiger partial charge is 0.392 e. The van der Waals surface area contributed by atoms with Gasteiger partial charge in [-0.3, -0.25) is 4.21 Å². The molecule has 2 fully saturated rings. The number of nitrogens with zero attached hydrogens (tertiary/aromatic N) is 5. The van der Waals surface area contributed by atoms with Crippen LogP contribution in [0.25, 0.3) is 0 Å². The highest BCUT2D eigenvalue weighted by atomic mass is 127. The Kier molecular flexibility index (Phi) is 7.54. The first-order chi connectivity index (χ1) is 15.4. The summed E-state index contributed by atoms with van der Waals surface area (Å²) in [7, 11) is -1.57. The first-order valence-electron chi connectivity index (χ1n) is 10.4. The number of piperidine rings is 2. The summed E-state index contributed by atoms with van der Waals surface area (Å²) in [6, 6.07) is 2.16. The van der Waals surface area contributed by atoms with E-state index >= 15 is 0 Å². The van der Waals surface area contributed by atoms with E-state index in [1.54, 1.807) is 4.90 Å². The fourth-order valence-electron chi connectivity index (χ4n) is 3.86. The minimum atomic E-state index is -1.57. The second-order valence-electron chi connectivity index (χ2n) is 7.83. The summed E-state index contributed by atoms with van der Waals surface area (Å²) in [5.74, 6) is -0.464. The van der Waals surface area contributed by atoms with E-state index in [1.807, 2.05) is 12.4 Å². The normalized spacial score (nSPS) is 18.6. The maximum atomic E-state index is 14.4. The lowest BCUT2D eigenvalue weighted by molar-refractivity contribution is 0.0409. The highest BCUT2D eigenvalue weighted by molar-refractivity contribution is 14.1. The van der Waals surface area contributed by atoms with E-state index in [4.69, 9.17) is 4.84 Å². The van der Waals surface area contributed by atoms with Crippen molar-refractivity contribution in [2.45, 2.75) is 36.7 Å². The van der Waals surface area contributed by atoms with Gasteiger partial charge in [-0.15, -0.1) is 0 Å². The van der Waals surface area contributed by atoms with E-state index in [1.165, 1.54) is 6.26 Å². The number of halogens is 3. The molecule has 0 aliphatic carbocycles. The molecular formula is C21H24F2IN5O2S. The van der Waals surface area contributed by atoms with Crippen LogP contribution in [0.4, 0.5) is 20.4 Å². The van der Waals surface area contributed by atoms with Crippen molar-refractivity contribution in [1.82, 2.24) is 9.97 Å². The van der Waals surface area contributed by atoms with Gasteiger partial charge in [0.1, 0.15) is 17.7 Å². The Morgan fingerprint density at radius 3 is 2.34 bits per heavy atom. The van der Waals surface area contributed by atoms with Crippen molar-refractivity contribution in [2.75, 3.05) is 42.2 Å². The molecule has 172 valence electrons. The number of rotatable bonds is 5. The Balaban J connectivity index is 1.27. The van der Waals surface area contributed by atoms with Crippen LogP contribution in [0.2, 0.25) is 0 Å². The molecular weight excluding hydrogens is 551 g/mol. The highest BCUT2D eigenvalue weighted by Gasteiger charge is 2.24. The minimum Gasteiger partial charge on any atom is -0.392 e. The van der Waals surface area contributed by atoms with Gasteiger partial charge in [0.25, 0.3) is 0 Å². The zero-order chi connectivity index (χ0) is 22.7. The topological polar surface area (TPSA) is 70.9 Å². The van der Waals surface area contributed by atoms with E-state index in [-0.39, 0.29) is 16.7 Å². The average Bonchev–Trinajstić information content (AvgIpc) is 2.80. The number of hydrogen-bond donors (Lipinski definition) is 0. The summed E-state index contributed by atoms with van der Waals surface area (Å²) >= 11 is 2.19. The monoisotopic (exact) mass is 575 g/mol. The molecule has 2 saturated heterocycles. The molecule has 0 N–H and O–H groups in total. The summed E-state index contributed by atoms with van der Waals surface area (Å²) in [5, 5.41) is 4.35. The van der Waals surface area contributed by atoms with Gasteiger partial charge in [-0.2, -0.15) is 0 Å². The molecule has 1 atom stereocenters. The smallest absolute Gasteiger partial charge is 0.225 e. The van der Waals surface area contributed by atoms with Crippen LogP contribution in [0.1, 0.15) is 25.7 Å². The molecule has 11 heteroatoms. The lowest BCUT2D eigenvalue weighted by Gasteiger charge is -2.32. The first-order valence-corrected chi connectivity index (χ1v) is 13.1. The minimum absolute atomic E-state index is 0.0506. The molecule has 2 aliphatic rings. The van der Waals surface area contributed by atoms with Crippen molar-refractivity contribution in [3.05, 3.63) is 39.7 Å². The lowest BCUT2D eigenvalue weighted by atomic mass is 10.1. The molecule has 3 heterocycles. The average molecular weight is 575 g/mol. The van der Waals surface area contributed by atoms with Crippen molar-refractivity contribution in [3.8, 4) is 0 Å². The number of aromatic nitrogens is 2. The molecule has 0 radical (unpaired) electrons. The molecule has 2 aromatic rings. The fourth-order valence-corrected chi connectivity index (χ4v) is 4.74. The molecule has 0 spiro atoms. The summed E-state index contributed by atoms with van der Waals surface area (Å²) in [4.78, 5) is 18.4. The van der Waals surface area contributed by atoms with Crippen molar-refractivity contribution in [3.63, 3.8) is 0 Å². The zero-order valence-corrected chi connectivity index (χ0v) is 20.6. The van der Waals surface area contributed by atoms with Crippen LogP contribution < -0.4 is 9.80 Å². The highest BCUT2D eigenvalue weighted by Crippen LogP contribution is 2.27. The summed E-state index contributed by atoms with van der Waals surface area (Å²) in [5.41, 5.74) is 1.12. The van der Waals surface area contributed by atoms with Gasteiger partial charge in [0.15, 0.2) is 0 Å². The van der Waals surface area contributed by atoms with E-state index in [2.05, 4.69) is 42.6 Å². The van der Waals surface area contributed by atoms with Crippen LogP contribution >= 0.6 is 22.6 Å². The van der Waals surface area contributed by atoms with E-state index < -0.39 is 22.4 Å². The van der Waals surface area contributed by atoms with Gasteiger partial charge in [-0.05, 0) is 28.7 Å². The van der Waals surface area contributed by atoms with Gasteiger partial charge in [-0.1, -0.05) is 5.16 Å². The van der Waals surface area contributed by atoms with Crippen molar-refractivity contribution in [1.29, 1.82) is 0 Å². The standard InChI is InChI=1S/C21H24F2IN5O2S/c1-32(30)20-11-17(22)19(10-18(20)23)28-6-2-15(3-7-28)27-31-16-4-8-29(9-5-16)21-25-12-14(24)13-26-21/h10-13,16H,2-9H2,1H3. The first kappa shape index (κ1) is 23.3. The summed E-state index contributed by atoms with van der Waals surface area (Å²) in [6.45, 7) is 2.67. The van der Waals surface area contributed by atoms with Crippen LogP contribution in [0.5, 0.6) is 0 Å². The maximum Gasteiger partial charge on any atom is 0.225 e. The second kappa shape index (κ2) is 10.4. The number of oxime groups is 1. The summed E-state index contributed by atoms with van der Waals surface area (Å²) < 4.78 is 41.1. The predicted molar refractivity (Wildman–Crippen MR) is 129 cm³/mol. The Hall–Kier alpha value is -1.89. The number of anilines is 2. The quantitative estimate of drug-likeness (QED) is 0.400. The lowest BCUT2D eigenvalue weighted by Crippen LogP contribution is -2.38. The fraction of sp³-hybridized carbons (Fsp3) is 0.476. The van der Waals surface area contributed by atoms with E-state index in [9.17, 15) is 13.0 Å². The zero-order valence-electron chi connectivity index (χ0n) is 17.6. The molecule has 7 nitrogen and oxygen atoms in total. The van der Waals surface area contributed by atoms with Gasteiger partial charge >= 0.3 is 0 Å². The van der Waals surface area contributed by atoms with E-state index in [0.717, 1.165) is 53.3 Å². The molecule has 1 aromatic carbocycles. The van der Waals surface area contributed by atoms with Gasteiger partial charge < -0.3 is 14.6 Å². The molecule has 32 heavy (non-hydrogen) atoms. The number of benzene rings is 1. The SMILES string of the molecule is CS(=O)c1cc(F)c(N2CCC(=NOC3CCN(c4ncc(I)cn4)CC3)CC2)cc1F. The molecule has 4 rings (SSSR count). The van der Waals surface area contributed by atoms with Gasteiger partial charge in [0.2, 0.25) is 5.95 Å².